The van der Waals surface area contributed by atoms with Crippen LogP contribution in [0.1, 0.15) is 0 Å². The second-order valence-corrected chi connectivity index (χ2v) is 29.0. The first kappa shape index (κ1) is 45.8. The Morgan fingerprint density at radius 1 is 0.153 bits per heavy atom. The first-order valence-electron chi connectivity index (χ1n) is 19.4. The Kier molecular flexibility index (Phi) is 19.7. The molecule has 0 bridgehead atoms. The molecule has 0 saturated heterocycles. The van der Waals surface area contributed by atoms with E-state index in [1.807, 2.05) is 0 Å². The summed E-state index contributed by atoms with van der Waals surface area (Å²) in [6, 6.07) is 98.4. The molecule has 0 saturated carbocycles. The Labute approximate surface area is 387 Å². The van der Waals surface area contributed by atoms with Crippen molar-refractivity contribution in [3.8, 4) is 0 Å². The Morgan fingerprint density at radius 2 is 0.237 bits per heavy atom. The third-order valence-electron chi connectivity index (χ3n) is 9.56. The van der Waals surface area contributed by atoms with Crippen molar-refractivity contribution in [2.45, 2.75) is 0 Å². The number of hydrogen-bond acceptors (Lipinski definition) is 0. The van der Waals surface area contributed by atoms with Gasteiger partial charge in [0, 0.05) is 17.1 Å². The van der Waals surface area contributed by atoms with Crippen LogP contribution in [0.2, 0.25) is 0 Å². The topological polar surface area (TPSA) is 0 Å². The Hall–Kier alpha value is -4.27. The molecular weight excluding hydrogens is 928 g/mol. The van der Waals surface area contributed by atoms with Gasteiger partial charge < -0.3 is 0 Å². The summed E-state index contributed by atoms with van der Waals surface area (Å²) in [5.41, 5.74) is 0. The Morgan fingerprint density at radius 3 is 0.322 bits per heavy atom. The maximum absolute atomic E-state index is 2.27. The van der Waals surface area contributed by atoms with E-state index in [4.69, 9.17) is 0 Å². The average Bonchev–Trinajstić information content (AvgIpc) is 3.30. The van der Waals surface area contributed by atoms with E-state index in [1.54, 1.807) is 0 Å². The summed E-state index contributed by atoms with van der Waals surface area (Å²) in [5.74, 6) is 0. The van der Waals surface area contributed by atoms with E-state index in [9.17, 15) is 0 Å². The first-order valence-corrected chi connectivity index (χ1v) is 28.9. The van der Waals surface area contributed by atoms with Crippen molar-refractivity contribution < 1.29 is 35.9 Å². The predicted octanol–water partition coefficient (Wildman–Crippen LogP) is 3.61. The van der Waals surface area contributed by atoms with Gasteiger partial charge in [0.2, 0.25) is 0 Å². The molecule has 0 atom stereocenters. The third kappa shape index (κ3) is 13.4. The average molecular weight is 974 g/mol. The standard InChI is InChI=1S/3C18H15Ge.Li.Mn/c3*1-4-10-16(11-5-1)19(17-12-6-2-7-13-17)18-14-8-3-9-15-18;;/h3*1-15H;;/q;;;+1;. The number of benzene rings is 9. The van der Waals surface area contributed by atoms with Crippen LogP contribution < -0.4 is 58.4 Å². The quantitative estimate of drug-likeness (QED) is 0.194. The van der Waals surface area contributed by atoms with Crippen molar-refractivity contribution in [2.75, 3.05) is 0 Å². The van der Waals surface area contributed by atoms with Crippen molar-refractivity contribution >= 4 is 82.6 Å². The van der Waals surface area contributed by atoms with E-state index in [-0.39, 0.29) is 35.9 Å². The van der Waals surface area contributed by atoms with Crippen LogP contribution in [0, 0.1) is 0 Å². The summed E-state index contributed by atoms with van der Waals surface area (Å²) in [5, 5.41) is 0. The van der Waals surface area contributed by atoms with Crippen LogP contribution in [0.4, 0.5) is 0 Å². The van der Waals surface area contributed by atoms with Crippen molar-refractivity contribution in [3.63, 3.8) is 0 Å². The molecule has 0 amide bonds. The summed E-state index contributed by atoms with van der Waals surface area (Å²) < 4.78 is 13.5. The van der Waals surface area contributed by atoms with Crippen LogP contribution in [0.5, 0.6) is 0 Å². The molecule has 0 nitrogen and oxygen atoms in total. The van der Waals surface area contributed by atoms with Gasteiger partial charge in [0.1, 0.15) is 0 Å². The molecule has 0 heterocycles. The molecule has 0 N–H and O–H groups in total. The molecule has 0 unspecified atom stereocenters. The van der Waals surface area contributed by atoms with E-state index in [1.165, 1.54) is 39.6 Å². The molecular formula is C54H45Ge3LiMn+. The van der Waals surface area contributed by atoms with Gasteiger partial charge in [-0.25, -0.2) is 0 Å². The molecule has 0 spiro atoms. The van der Waals surface area contributed by atoms with Gasteiger partial charge in [-0.1, -0.05) is 0 Å². The molecule has 9 rings (SSSR count). The molecule has 0 fully saturated rings. The van der Waals surface area contributed by atoms with Crippen molar-refractivity contribution in [3.05, 3.63) is 273 Å². The number of rotatable bonds is 9. The van der Waals surface area contributed by atoms with Gasteiger partial charge in [0.15, 0.2) is 0 Å². The molecule has 0 aromatic heterocycles. The molecule has 0 aliphatic rings. The summed E-state index contributed by atoms with van der Waals surface area (Å²) in [6.07, 6.45) is 0. The van der Waals surface area contributed by atoms with E-state index in [0.717, 1.165) is 0 Å². The summed E-state index contributed by atoms with van der Waals surface area (Å²) >= 11 is -4.90. The fraction of sp³-hybridized carbons (Fsp3) is 0. The minimum atomic E-state index is -1.63. The van der Waals surface area contributed by atoms with Gasteiger partial charge in [0.25, 0.3) is 0 Å². The van der Waals surface area contributed by atoms with Crippen LogP contribution in [0.3, 0.4) is 0 Å². The summed E-state index contributed by atoms with van der Waals surface area (Å²) in [7, 11) is 0. The van der Waals surface area contributed by atoms with Crippen LogP contribution in [-0.4, -0.2) is 43.0 Å². The van der Waals surface area contributed by atoms with Gasteiger partial charge in [0.05, 0.1) is 0 Å². The zero-order valence-electron chi connectivity index (χ0n) is 33.4. The Balaban J connectivity index is 0.000000165. The molecule has 0 aliphatic heterocycles. The molecule has 9 aromatic carbocycles. The van der Waals surface area contributed by atoms with E-state index < -0.39 is 43.0 Å². The van der Waals surface area contributed by atoms with Crippen molar-refractivity contribution in [2.24, 2.45) is 0 Å². The SMILES string of the molecule is [Li+].[Mn].c1cc[c]([Ge]([c]2ccccc2)[c]2ccccc2)cc1.c1cc[c]([Ge]([c]2ccccc2)[c]2ccccc2)cc1.c1cc[c]([Ge]([c]2ccccc2)[c]2ccccc2)cc1. The molecule has 5 heteroatoms. The fourth-order valence-electron chi connectivity index (χ4n) is 6.94. The van der Waals surface area contributed by atoms with Crippen molar-refractivity contribution in [1.82, 2.24) is 0 Å². The normalized spacial score (nSPS) is 10.2. The van der Waals surface area contributed by atoms with Gasteiger partial charge in [-0.05, 0) is 0 Å². The molecule has 280 valence electrons. The van der Waals surface area contributed by atoms with Gasteiger partial charge in [-0.2, -0.15) is 0 Å². The molecule has 9 aromatic rings. The predicted molar refractivity (Wildman–Crippen MR) is 252 cm³/mol. The summed E-state index contributed by atoms with van der Waals surface area (Å²) in [4.78, 5) is 0. The molecule has 59 heavy (non-hydrogen) atoms. The van der Waals surface area contributed by atoms with Crippen molar-refractivity contribution in [1.29, 1.82) is 0 Å². The maximum atomic E-state index is 2.27. The fourth-order valence-corrected chi connectivity index (χ4v) is 23.2. The molecule has 0 aliphatic carbocycles. The minimum absolute atomic E-state index is 0. The monoisotopic (exact) mass is 977 g/mol. The zero-order valence-corrected chi connectivity index (χ0v) is 40.8. The Bertz CT molecular complexity index is 1870. The zero-order chi connectivity index (χ0) is 38.7. The summed E-state index contributed by atoms with van der Waals surface area (Å²) in [6.45, 7) is 0. The van der Waals surface area contributed by atoms with Crippen LogP contribution in [0.25, 0.3) is 0 Å². The van der Waals surface area contributed by atoms with Gasteiger partial charge in [-0.15, -0.1) is 0 Å². The van der Waals surface area contributed by atoms with Gasteiger partial charge in [-0.3, -0.25) is 0 Å². The third-order valence-corrected chi connectivity index (χ3v) is 26.8. The second-order valence-electron chi connectivity index (χ2n) is 13.4. The number of hydrogen-bond donors (Lipinski definition) is 0. The van der Waals surface area contributed by atoms with Crippen LogP contribution >= 0.6 is 0 Å². The second kappa shape index (κ2) is 25.4. The molecule has 4 radical (unpaired) electrons. The van der Waals surface area contributed by atoms with Crippen LogP contribution in [0.15, 0.2) is 273 Å². The van der Waals surface area contributed by atoms with Crippen LogP contribution in [-0.2, 0) is 17.1 Å². The first-order chi connectivity index (χ1) is 28.3. The van der Waals surface area contributed by atoms with Gasteiger partial charge >= 0.3 is 374 Å². The van der Waals surface area contributed by atoms with E-state index >= 15 is 0 Å². The van der Waals surface area contributed by atoms with E-state index in [0.29, 0.717) is 0 Å². The van der Waals surface area contributed by atoms with E-state index in [2.05, 4.69) is 273 Å².